The molecule has 2 aromatic heterocycles. The number of pyridine rings is 1. The largest absolute Gasteiger partial charge is 0.350 e. The third-order valence-electron chi connectivity index (χ3n) is 2.81. The summed E-state index contributed by atoms with van der Waals surface area (Å²) in [5, 5.41) is 3.35. The molecule has 1 N–H and O–H groups in total. The molecule has 18 heavy (non-hydrogen) atoms. The number of rotatable bonds is 5. The van der Waals surface area contributed by atoms with Crippen molar-refractivity contribution in [3.8, 4) is 0 Å². The Morgan fingerprint density at radius 1 is 1.28 bits per heavy atom. The molecule has 2 rings (SSSR count). The number of aromatic nitrogens is 3. The predicted octanol–water partition coefficient (Wildman–Crippen LogP) is 2.85. The van der Waals surface area contributed by atoms with E-state index in [1.807, 2.05) is 24.7 Å². The van der Waals surface area contributed by atoms with Crippen LogP contribution in [-0.2, 0) is 13.1 Å². The standard InChI is InChI=1S/C14H20N4/c1-11(2)10-18-8-7-16-14(18)17-9-13-12(3)5-4-6-15-13/h4-8,11H,9-10H2,1-3H3,(H,16,17). The van der Waals surface area contributed by atoms with Gasteiger partial charge in [0, 0.05) is 25.1 Å². The maximum absolute atomic E-state index is 4.37. The highest BCUT2D eigenvalue weighted by atomic mass is 15.2. The van der Waals surface area contributed by atoms with Gasteiger partial charge in [-0.3, -0.25) is 4.98 Å². The van der Waals surface area contributed by atoms with Gasteiger partial charge in [-0.05, 0) is 24.5 Å². The van der Waals surface area contributed by atoms with Crippen LogP contribution in [0.25, 0.3) is 0 Å². The Morgan fingerprint density at radius 2 is 2.11 bits per heavy atom. The Hall–Kier alpha value is -1.84. The zero-order valence-electron chi connectivity index (χ0n) is 11.2. The zero-order valence-corrected chi connectivity index (χ0v) is 11.2. The van der Waals surface area contributed by atoms with Crippen molar-refractivity contribution in [3.63, 3.8) is 0 Å². The first kappa shape index (κ1) is 12.6. The molecule has 4 nitrogen and oxygen atoms in total. The normalized spacial score (nSPS) is 10.9. The van der Waals surface area contributed by atoms with Crippen LogP contribution in [0.2, 0.25) is 0 Å². The first-order valence-electron chi connectivity index (χ1n) is 6.32. The van der Waals surface area contributed by atoms with Crippen molar-refractivity contribution in [2.75, 3.05) is 5.32 Å². The van der Waals surface area contributed by atoms with Crippen molar-refractivity contribution in [2.45, 2.75) is 33.9 Å². The van der Waals surface area contributed by atoms with Crippen molar-refractivity contribution < 1.29 is 0 Å². The SMILES string of the molecule is Cc1cccnc1CNc1nccn1CC(C)C. The van der Waals surface area contributed by atoms with E-state index in [4.69, 9.17) is 0 Å². The molecule has 2 heterocycles. The Labute approximate surface area is 108 Å². The number of nitrogens with zero attached hydrogens (tertiary/aromatic N) is 3. The Balaban J connectivity index is 2.02. The fourth-order valence-corrected chi connectivity index (χ4v) is 1.88. The summed E-state index contributed by atoms with van der Waals surface area (Å²) in [6.45, 7) is 8.16. The van der Waals surface area contributed by atoms with E-state index < -0.39 is 0 Å². The lowest BCUT2D eigenvalue weighted by molar-refractivity contribution is 0.526. The van der Waals surface area contributed by atoms with Gasteiger partial charge in [-0.2, -0.15) is 0 Å². The van der Waals surface area contributed by atoms with Gasteiger partial charge < -0.3 is 9.88 Å². The highest BCUT2D eigenvalue weighted by Gasteiger charge is 2.05. The smallest absolute Gasteiger partial charge is 0.203 e. The van der Waals surface area contributed by atoms with E-state index in [1.165, 1.54) is 5.56 Å². The molecule has 0 atom stereocenters. The highest BCUT2D eigenvalue weighted by molar-refractivity contribution is 5.29. The molecular formula is C14H20N4. The molecule has 0 aliphatic carbocycles. The number of hydrogen-bond donors (Lipinski definition) is 1. The van der Waals surface area contributed by atoms with Crippen LogP contribution >= 0.6 is 0 Å². The van der Waals surface area contributed by atoms with Gasteiger partial charge in [0.25, 0.3) is 0 Å². The summed E-state index contributed by atoms with van der Waals surface area (Å²) in [5.74, 6) is 1.52. The lowest BCUT2D eigenvalue weighted by Gasteiger charge is -2.12. The molecule has 2 aromatic rings. The molecule has 0 radical (unpaired) electrons. The van der Waals surface area contributed by atoms with Crippen molar-refractivity contribution in [3.05, 3.63) is 42.0 Å². The molecule has 0 bridgehead atoms. The highest BCUT2D eigenvalue weighted by Crippen LogP contribution is 2.10. The van der Waals surface area contributed by atoms with Crippen molar-refractivity contribution >= 4 is 5.95 Å². The lowest BCUT2D eigenvalue weighted by atomic mass is 10.2. The maximum atomic E-state index is 4.37. The second-order valence-electron chi connectivity index (χ2n) is 4.92. The summed E-state index contributed by atoms with van der Waals surface area (Å²) in [5.41, 5.74) is 2.27. The summed E-state index contributed by atoms with van der Waals surface area (Å²) in [6.07, 6.45) is 5.66. The number of anilines is 1. The summed E-state index contributed by atoms with van der Waals surface area (Å²) in [6, 6.07) is 4.03. The van der Waals surface area contributed by atoms with E-state index in [0.717, 1.165) is 18.2 Å². The van der Waals surface area contributed by atoms with Gasteiger partial charge >= 0.3 is 0 Å². The second kappa shape index (κ2) is 5.67. The molecule has 0 spiro atoms. The Kier molecular flexibility index (Phi) is 3.97. The van der Waals surface area contributed by atoms with Gasteiger partial charge in [0.05, 0.1) is 12.2 Å². The van der Waals surface area contributed by atoms with E-state index in [0.29, 0.717) is 12.5 Å². The number of imidazole rings is 1. The Bertz CT molecular complexity index is 502. The molecule has 0 saturated heterocycles. The minimum absolute atomic E-state index is 0.608. The third-order valence-corrected chi connectivity index (χ3v) is 2.81. The topological polar surface area (TPSA) is 42.7 Å². The van der Waals surface area contributed by atoms with Gasteiger partial charge in [0.15, 0.2) is 0 Å². The fraction of sp³-hybridized carbons (Fsp3) is 0.429. The molecule has 0 saturated carbocycles. The van der Waals surface area contributed by atoms with Gasteiger partial charge in [0.2, 0.25) is 5.95 Å². The van der Waals surface area contributed by atoms with Crippen LogP contribution in [0, 0.1) is 12.8 Å². The van der Waals surface area contributed by atoms with Gasteiger partial charge in [-0.1, -0.05) is 19.9 Å². The third kappa shape index (κ3) is 3.09. The average Bonchev–Trinajstić information content (AvgIpc) is 2.75. The lowest BCUT2D eigenvalue weighted by Crippen LogP contribution is -2.11. The van der Waals surface area contributed by atoms with E-state index in [2.05, 4.69) is 46.7 Å². The van der Waals surface area contributed by atoms with E-state index >= 15 is 0 Å². The molecule has 0 aromatic carbocycles. The minimum Gasteiger partial charge on any atom is -0.350 e. The molecule has 0 fully saturated rings. The van der Waals surface area contributed by atoms with Gasteiger partial charge in [-0.25, -0.2) is 4.98 Å². The zero-order chi connectivity index (χ0) is 13.0. The predicted molar refractivity (Wildman–Crippen MR) is 73.4 cm³/mol. The first-order chi connectivity index (χ1) is 8.66. The molecule has 0 amide bonds. The van der Waals surface area contributed by atoms with Crippen LogP contribution in [0.1, 0.15) is 25.1 Å². The molecule has 4 heteroatoms. The van der Waals surface area contributed by atoms with E-state index in [1.54, 1.807) is 0 Å². The van der Waals surface area contributed by atoms with Crippen LogP contribution in [-0.4, -0.2) is 14.5 Å². The maximum Gasteiger partial charge on any atom is 0.203 e. The number of aryl methyl sites for hydroxylation is 1. The van der Waals surface area contributed by atoms with Crippen LogP contribution < -0.4 is 5.32 Å². The van der Waals surface area contributed by atoms with E-state index in [-0.39, 0.29) is 0 Å². The van der Waals surface area contributed by atoms with Crippen LogP contribution in [0.5, 0.6) is 0 Å². The molecule has 0 aliphatic rings. The fourth-order valence-electron chi connectivity index (χ4n) is 1.88. The number of hydrogen-bond acceptors (Lipinski definition) is 3. The molecular weight excluding hydrogens is 224 g/mol. The van der Waals surface area contributed by atoms with Crippen LogP contribution in [0.15, 0.2) is 30.7 Å². The van der Waals surface area contributed by atoms with E-state index in [9.17, 15) is 0 Å². The molecule has 0 unspecified atom stereocenters. The van der Waals surface area contributed by atoms with Crippen molar-refractivity contribution in [2.24, 2.45) is 5.92 Å². The molecule has 0 aliphatic heterocycles. The summed E-state index contributed by atoms with van der Waals surface area (Å²) < 4.78 is 2.14. The second-order valence-corrected chi connectivity index (χ2v) is 4.92. The minimum atomic E-state index is 0.608. The quantitative estimate of drug-likeness (QED) is 0.879. The molecule has 96 valence electrons. The van der Waals surface area contributed by atoms with Gasteiger partial charge in [0.1, 0.15) is 0 Å². The van der Waals surface area contributed by atoms with Gasteiger partial charge in [-0.15, -0.1) is 0 Å². The monoisotopic (exact) mass is 244 g/mol. The van der Waals surface area contributed by atoms with Crippen molar-refractivity contribution in [1.29, 1.82) is 0 Å². The van der Waals surface area contributed by atoms with Crippen LogP contribution in [0.4, 0.5) is 5.95 Å². The first-order valence-corrected chi connectivity index (χ1v) is 6.32. The summed E-state index contributed by atoms with van der Waals surface area (Å²) >= 11 is 0. The summed E-state index contributed by atoms with van der Waals surface area (Å²) in [7, 11) is 0. The van der Waals surface area contributed by atoms with Crippen LogP contribution in [0.3, 0.4) is 0 Å². The summed E-state index contributed by atoms with van der Waals surface area (Å²) in [4.78, 5) is 8.71. The number of nitrogens with one attached hydrogen (secondary N) is 1. The van der Waals surface area contributed by atoms with Crippen molar-refractivity contribution in [1.82, 2.24) is 14.5 Å². The Morgan fingerprint density at radius 3 is 2.83 bits per heavy atom. The average molecular weight is 244 g/mol.